The van der Waals surface area contributed by atoms with Crippen molar-refractivity contribution in [3.8, 4) is 5.75 Å². The zero-order valence-electron chi connectivity index (χ0n) is 18.8. The summed E-state index contributed by atoms with van der Waals surface area (Å²) in [4.78, 5) is 0. The second-order valence-corrected chi connectivity index (χ2v) is 10.6. The second kappa shape index (κ2) is 5.46. The number of rotatable bonds is 1. The first-order valence-electron chi connectivity index (χ1n) is 11.0. The standard InChI is InChI=1S/C25H34O4/c1-15-14-25(28-21(15,4)5)17(3)23(26)12-13-24(29-25)19-8-9-20(27-7)16(2)18(19)10-11-22(23,24)6/h8-11,15,17,26H,12-14H2,1-7H3/t15-,17?,22+,23?,24?,25?/m0/s1. The molecule has 4 aliphatic rings. The molecule has 3 fully saturated rings. The van der Waals surface area contributed by atoms with Crippen LogP contribution in [-0.4, -0.2) is 29.2 Å². The molecule has 4 nitrogen and oxygen atoms in total. The van der Waals surface area contributed by atoms with Gasteiger partial charge in [-0.1, -0.05) is 39.0 Å². The first-order valence-corrected chi connectivity index (χ1v) is 11.0. The van der Waals surface area contributed by atoms with E-state index in [1.54, 1.807) is 7.11 Å². The molecule has 1 spiro atoms. The van der Waals surface area contributed by atoms with Crippen molar-refractivity contribution < 1.29 is 19.3 Å². The van der Waals surface area contributed by atoms with E-state index < -0.39 is 22.4 Å². The number of ether oxygens (including phenoxy) is 3. The van der Waals surface area contributed by atoms with Crippen LogP contribution in [0.5, 0.6) is 5.75 Å². The number of hydrogen-bond donors (Lipinski definition) is 1. The summed E-state index contributed by atoms with van der Waals surface area (Å²) in [6.45, 7) is 12.9. The maximum atomic E-state index is 12.2. The van der Waals surface area contributed by atoms with Crippen molar-refractivity contribution in [2.24, 2.45) is 17.3 Å². The van der Waals surface area contributed by atoms with Crippen LogP contribution < -0.4 is 4.74 Å². The Morgan fingerprint density at radius 1 is 1.10 bits per heavy atom. The summed E-state index contributed by atoms with van der Waals surface area (Å²) < 4.78 is 19.5. The highest BCUT2D eigenvalue weighted by molar-refractivity contribution is 5.68. The van der Waals surface area contributed by atoms with E-state index in [0.717, 1.165) is 35.3 Å². The SMILES string of the molecule is COc1ccc2c(c1C)C=C[C@@]1(C)C23CCC1(O)C(C)C1(C[C@H](C)C(C)(C)O1)O3. The quantitative estimate of drug-likeness (QED) is 0.727. The van der Waals surface area contributed by atoms with Crippen LogP contribution in [0, 0.1) is 24.2 Å². The van der Waals surface area contributed by atoms with Crippen LogP contribution >= 0.6 is 0 Å². The Labute approximate surface area is 174 Å². The van der Waals surface area contributed by atoms with Crippen LogP contribution in [0.4, 0.5) is 0 Å². The van der Waals surface area contributed by atoms with Gasteiger partial charge in [0.1, 0.15) is 11.4 Å². The van der Waals surface area contributed by atoms with E-state index in [1.807, 2.05) is 6.07 Å². The van der Waals surface area contributed by atoms with Crippen LogP contribution in [0.25, 0.3) is 6.08 Å². The van der Waals surface area contributed by atoms with Crippen molar-refractivity contribution in [3.63, 3.8) is 0 Å². The molecule has 158 valence electrons. The van der Waals surface area contributed by atoms with Crippen molar-refractivity contribution in [1.82, 2.24) is 0 Å². The van der Waals surface area contributed by atoms with Gasteiger partial charge in [-0.15, -0.1) is 0 Å². The summed E-state index contributed by atoms with van der Waals surface area (Å²) in [6.07, 6.45) is 6.65. The molecule has 1 saturated carbocycles. The molecule has 0 radical (unpaired) electrons. The molecule has 2 bridgehead atoms. The molecule has 6 atom stereocenters. The Kier molecular flexibility index (Phi) is 3.69. The van der Waals surface area contributed by atoms with Gasteiger partial charge in [-0.25, -0.2) is 0 Å². The van der Waals surface area contributed by atoms with E-state index in [0.29, 0.717) is 12.3 Å². The van der Waals surface area contributed by atoms with Gasteiger partial charge in [-0.2, -0.15) is 0 Å². The Bertz CT molecular complexity index is 920. The smallest absolute Gasteiger partial charge is 0.175 e. The number of fused-ring (bicyclic) bond motifs is 1. The fourth-order valence-electron chi connectivity index (χ4n) is 6.89. The third kappa shape index (κ3) is 2.01. The lowest BCUT2D eigenvalue weighted by molar-refractivity contribution is -0.389. The highest BCUT2D eigenvalue weighted by Crippen LogP contribution is 2.73. The average Bonchev–Trinajstić information content (AvgIpc) is 3.00. The molecule has 1 aromatic carbocycles. The van der Waals surface area contributed by atoms with E-state index >= 15 is 0 Å². The monoisotopic (exact) mass is 398 g/mol. The van der Waals surface area contributed by atoms with Gasteiger partial charge in [0.05, 0.1) is 18.3 Å². The molecule has 2 aliphatic heterocycles. The number of aliphatic hydroxyl groups is 1. The van der Waals surface area contributed by atoms with E-state index in [1.165, 1.54) is 0 Å². The summed E-state index contributed by atoms with van der Waals surface area (Å²) in [5, 5.41) is 12.2. The largest absolute Gasteiger partial charge is 0.496 e. The van der Waals surface area contributed by atoms with Crippen molar-refractivity contribution in [1.29, 1.82) is 0 Å². The number of benzene rings is 1. The van der Waals surface area contributed by atoms with Gasteiger partial charge in [0.25, 0.3) is 0 Å². The molecular weight excluding hydrogens is 364 g/mol. The highest BCUT2D eigenvalue weighted by atomic mass is 16.7. The third-order valence-corrected chi connectivity index (χ3v) is 9.24. The molecule has 0 amide bonds. The minimum Gasteiger partial charge on any atom is -0.496 e. The minimum atomic E-state index is -0.882. The van der Waals surface area contributed by atoms with Gasteiger partial charge in [0, 0.05) is 17.8 Å². The molecule has 29 heavy (non-hydrogen) atoms. The molecular formula is C25H34O4. The third-order valence-electron chi connectivity index (χ3n) is 9.24. The van der Waals surface area contributed by atoms with E-state index in [9.17, 15) is 5.11 Å². The fraction of sp³-hybridized carbons (Fsp3) is 0.680. The van der Waals surface area contributed by atoms with Gasteiger partial charge in [0.15, 0.2) is 5.79 Å². The Morgan fingerprint density at radius 3 is 2.45 bits per heavy atom. The summed E-state index contributed by atoms with van der Waals surface area (Å²) in [5.41, 5.74) is 1.16. The fourth-order valence-corrected chi connectivity index (χ4v) is 6.89. The van der Waals surface area contributed by atoms with Crippen LogP contribution in [0.2, 0.25) is 0 Å². The topological polar surface area (TPSA) is 47.9 Å². The minimum absolute atomic E-state index is 0.120. The number of methoxy groups -OCH3 is 1. The zero-order valence-corrected chi connectivity index (χ0v) is 18.8. The van der Waals surface area contributed by atoms with Crippen molar-refractivity contribution >= 4 is 6.08 Å². The van der Waals surface area contributed by atoms with Crippen LogP contribution in [0.15, 0.2) is 18.2 Å². The maximum absolute atomic E-state index is 12.2. The van der Waals surface area contributed by atoms with Crippen LogP contribution in [0.1, 0.15) is 70.6 Å². The van der Waals surface area contributed by atoms with Gasteiger partial charge in [0.2, 0.25) is 0 Å². The van der Waals surface area contributed by atoms with E-state index in [4.69, 9.17) is 14.2 Å². The normalized spacial score (nSPS) is 46.6. The molecule has 1 aromatic rings. The molecule has 0 aromatic heterocycles. The van der Waals surface area contributed by atoms with E-state index in [-0.39, 0.29) is 11.5 Å². The Balaban J connectivity index is 1.74. The van der Waals surface area contributed by atoms with Crippen LogP contribution in [0.3, 0.4) is 0 Å². The molecule has 2 aliphatic carbocycles. The number of hydrogen-bond acceptors (Lipinski definition) is 4. The Morgan fingerprint density at radius 2 is 1.83 bits per heavy atom. The van der Waals surface area contributed by atoms with Crippen molar-refractivity contribution in [2.45, 2.75) is 83.4 Å². The Hall–Kier alpha value is -1.36. The predicted octanol–water partition coefficient (Wildman–Crippen LogP) is 4.95. The highest BCUT2D eigenvalue weighted by Gasteiger charge is 2.78. The zero-order chi connectivity index (χ0) is 21.0. The molecule has 2 heterocycles. The molecule has 5 rings (SSSR count). The van der Waals surface area contributed by atoms with Gasteiger partial charge in [-0.05, 0) is 62.3 Å². The first-order chi connectivity index (χ1) is 13.5. The van der Waals surface area contributed by atoms with Crippen molar-refractivity contribution in [3.05, 3.63) is 34.9 Å². The van der Waals surface area contributed by atoms with E-state index in [2.05, 4.69) is 59.8 Å². The van der Waals surface area contributed by atoms with Crippen molar-refractivity contribution in [2.75, 3.05) is 7.11 Å². The summed E-state index contributed by atoms with van der Waals surface area (Å²) in [5.74, 6) is 0.340. The predicted molar refractivity (Wildman–Crippen MR) is 113 cm³/mol. The molecule has 2 saturated heterocycles. The van der Waals surface area contributed by atoms with Crippen LogP contribution in [-0.2, 0) is 15.1 Å². The van der Waals surface area contributed by atoms with Gasteiger partial charge >= 0.3 is 0 Å². The maximum Gasteiger partial charge on any atom is 0.175 e. The van der Waals surface area contributed by atoms with Gasteiger partial charge < -0.3 is 19.3 Å². The summed E-state index contributed by atoms with van der Waals surface area (Å²) >= 11 is 0. The first kappa shape index (κ1) is 19.6. The lowest BCUT2D eigenvalue weighted by atomic mass is 9.55. The summed E-state index contributed by atoms with van der Waals surface area (Å²) in [6, 6.07) is 4.18. The molecule has 4 unspecified atom stereocenters. The molecule has 1 N–H and O–H groups in total. The molecule has 4 heteroatoms. The average molecular weight is 399 g/mol. The second-order valence-electron chi connectivity index (χ2n) is 10.6. The lowest BCUT2D eigenvalue weighted by Gasteiger charge is -2.62. The summed E-state index contributed by atoms with van der Waals surface area (Å²) in [7, 11) is 1.71. The van der Waals surface area contributed by atoms with Gasteiger partial charge in [-0.3, -0.25) is 0 Å². The lowest BCUT2D eigenvalue weighted by Crippen LogP contribution is -2.69.